The number of aromatic nitrogens is 2. The van der Waals surface area contributed by atoms with Crippen molar-refractivity contribution in [2.24, 2.45) is 0 Å². The molecule has 2 N–H and O–H groups in total. The molecule has 3 heterocycles. The van der Waals surface area contributed by atoms with Gasteiger partial charge in [0.1, 0.15) is 5.69 Å². The van der Waals surface area contributed by atoms with E-state index in [1.807, 2.05) is 25.1 Å². The minimum Gasteiger partial charge on any atom is -0.376 e. The number of anilines is 2. The Bertz CT molecular complexity index is 757. The molecule has 0 saturated carbocycles. The van der Waals surface area contributed by atoms with Gasteiger partial charge in [-0.3, -0.25) is 9.59 Å². The summed E-state index contributed by atoms with van der Waals surface area (Å²) in [6.45, 7) is 0.428. The Morgan fingerprint density at radius 2 is 2.18 bits per heavy atom. The van der Waals surface area contributed by atoms with Gasteiger partial charge in [-0.2, -0.15) is 0 Å². The predicted octanol–water partition coefficient (Wildman–Crippen LogP) is 1.04. The number of pyridine rings is 2. The Balaban J connectivity index is 1.85. The minimum absolute atomic E-state index is 0.188. The Morgan fingerprint density at radius 3 is 2.95 bits per heavy atom. The molecule has 1 aliphatic heterocycles. The number of nitrogens with one attached hydrogen (secondary N) is 2. The summed E-state index contributed by atoms with van der Waals surface area (Å²) >= 11 is 0. The third kappa shape index (κ3) is 2.48. The molecular formula is C15H15N5O2. The first kappa shape index (κ1) is 14.0. The third-order valence-electron chi connectivity index (χ3n) is 3.36. The van der Waals surface area contributed by atoms with Crippen LogP contribution in [0.5, 0.6) is 0 Å². The van der Waals surface area contributed by atoms with Crippen molar-refractivity contribution < 1.29 is 9.59 Å². The van der Waals surface area contributed by atoms with Crippen molar-refractivity contribution in [2.45, 2.75) is 6.54 Å². The van der Waals surface area contributed by atoms with E-state index < -0.39 is 0 Å². The molecule has 0 atom stereocenters. The van der Waals surface area contributed by atoms with Crippen molar-refractivity contribution in [1.29, 1.82) is 0 Å². The highest BCUT2D eigenvalue weighted by molar-refractivity contribution is 6.06. The standard InChI is InChI=1S/C15H15N5O2/c1-20(2)11-4-3-5-16-13(11)15(22)19-10-6-9-7-18-14(21)12(9)17-8-10/h3-6,8H,7H2,1-2H3,(H,18,21)(H,19,22). The summed E-state index contributed by atoms with van der Waals surface area (Å²) in [7, 11) is 3.70. The van der Waals surface area contributed by atoms with Crippen LogP contribution in [0.2, 0.25) is 0 Å². The van der Waals surface area contributed by atoms with E-state index in [4.69, 9.17) is 0 Å². The maximum absolute atomic E-state index is 12.4. The minimum atomic E-state index is -0.316. The average Bonchev–Trinajstić information content (AvgIpc) is 2.88. The van der Waals surface area contributed by atoms with Crippen LogP contribution in [0, 0.1) is 0 Å². The van der Waals surface area contributed by atoms with Gasteiger partial charge in [-0.05, 0) is 18.2 Å². The summed E-state index contributed by atoms with van der Waals surface area (Å²) in [5.41, 5.74) is 2.78. The highest BCUT2D eigenvalue weighted by Gasteiger charge is 2.21. The molecule has 0 bridgehead atoms. The molecule has 0 radical (unpaired) electrons. The quantitative estimate of drug-likeness (QED) is 0.884. The van der Waals surface area contributed by atoms with E-state index in [0.717, 1.165) is 11.3 Å². The van der Waals surface area contributed by atoms with Crippen molar-refractivity contribution >= 4 is 23.2 Å². The zero-order valence-electron chi connectivity index (χ0n) is 12.3. The molecule has 112 valence electrons. The van der Waals surface area contributed by atoms with E-state index in [9.17, 15) is 9.59 Å². The van der Waals surface area contributed by atoms with Crippen molar-refractivity contribution in [3.05, 3.63) is 47.5 Å². The Kier molecular flexibility index (Phi) is 3.46. The number of hydrogen-bond donors (Lipinski definition) is 2. The Morgan fingerprint density at radius 1 is 1.36 bits per heavy atom. The molecule has 0 fully saturated rings. The molecule has 0 aromatic carbocycles. The van der Waals surface area contributed by atoms with Gasteiger partial charge in [0.05, 0.1) is 17.6 Å². The monoisotopic (exact) mass is 297 g/mol. The van der Waals surface area contributed by atoms with Crippen LogP contribution in [0.3, 0.4) is 0 Å². The fourth-order valence-corrected chi connectivity index (χ4v) is 2.30. The first-order valence-electron chi connectivity index (χ1n) is 6.77. The average molecular weight is 297 g/mol. The van der Waals surface area contributed by atoms with Crippen molar-refractivity contribution in [3.63, 3.8) is 0 Å². The SMILES string of the molecule is CN(C)c1cccnc1C(=O)Nc1cnc2c(c1)CNC2=O. The maximum atomic E-state index is 12.4. The molecule has 2 aromatic rings. The largest absolute Gasteiger partial charge is 0.376 e. The van der Waals surface area contributed by atoms with Gasteiger partial charge in [-0.1, -0.05) is 0 Å². The number of carbonyl (C=O) groups is 2. The van der Waals surface area contributed by atoms with Gasteiger partial charge < -0.3 is 15.5 Å². The molecular weight excluding hydrogens is 282 g/mol. The molecule has 0 spiro atoms. The van der Waals surface area contributed by atoms with E-state index in [1.165, 1.54) is 6.20 Å². The van der Waals surface area contributed by atoms with E-state index >= 15 is 0 Å². The smallest absolute Gasteiger partial charge is 0.276 e. The van der Waals surface area contributed by atoms with Gasteiger partial charge in [-0.15, -0.1) is 0 Å². The van der Waals surface area contributed by atoms with E-state index in [-0.39, 0.29) is 11.8 Å². The van der Waals surface area contributed by atoms with Gasteiger partial charge in [0, 0.05) is 32.4 Å². The number of amides is 2. The van der Waals surface area contributed by atoms with Gasteiger partial charge >= 0.3 is 0 Å². The van der Waals surface area contributed by atoms with Crippen molar-refractivity contribution in [1.82, 2.24) is 15.3 Å². The summed E-state index contributed by atoms with van der Waals surface area (Å²) in [5, 5.41) is 5.46. The second kappa shape index (κ2) is 5.44. The molecule has 2 amide bonds. The number of nitrogens with zero attached hydrogens (tertiary/aromatic N) is 3. The normalized spacial score (nSPS) is 12.5. The molecule has 7 heteroatoms. The topological polar surface area (TPSA) is 87.2 Å². The fourth-order valence-electron chi connectivity index (χ4n) is 2.30. The summed E-state index contributed by atoms with van der Waals surface area (Å²) < 4.78 is 0. The first-order chi connectivity index (χ1) is 10.6. The zero-order chi connectivity index (χ0) is 15.7. The van der Waals surface area contributed by atoms with Crippen LogP contribution in [-0.2, 0) is 6.54 Å². The van der Waals surface area contributed by atoms with Crippen LogP contribution < -0.4 is 15.5 Å². The van der Waals surface area contributed by atoms with Crippen LogP contribution in [0.15, 0.2) is 30.6 Å². The summed E-state index contributed by atoms with van der Waals surface area (Å²) in [5.74, 6) is -0.504. The second-order valence-corrected chi connectivity index (χ2v) is 5.13. The molecule has 0 saturated heterocycles. The molecule has 3 rings (SSSR count). The molecule has 0 aliphatic carbocycles. The summed E-state index contributed by atoms with van der Waals surface area (Å²) in [6, 6.07) is 5.35. The van der Waals surface area contributed by atoms with Crippen LogP contribution in [0.1, 0.15) is 26.5 Å². The first-order valence-corrected chi connectivity index (χ1v) is 6.77. The molecule has 7 nitrogen and oxygen atoms in total. The van der Waals surface area contributed by atoms with E-state index in [1.54, 1.807) is 18.3 Å². The lowest BCUT2D eigenvalue weighted by Crippen LogP contribution is -2.20. The summed E-state index contributed by atoms with van der Waals surface area (Å²) in [4.78, 5) is 33.9. The van der Waals surface area contributed by atoms with Gasteiger partial charge in [0.25, 0.3) is 11.8 Å². The second-order valence-electron chi connectivity index (χ2n) is 5.13. The molecule has 0 unspecified atom stereocenters. The van der Waals surface area contributed by atoms with Crippen molar-refractivity contribution in [3.8, 4) is 0 Å². The lowest BCUT2D eigenvalue weighted by Gasteiger charge is -2.15. The van der Waals surface area contributed by atoms with Crippen LogP contribution >= 0.6 is 0 Å². The molecule has 22 heavy (non-hydrogen) atoms. The molecule has 1 aliphatic rings. The summed E-state index contributed by atoms with van der Waals surface area (Å²) in [6.07, 6.45) is 3.05. The van der Waals surface area contributed by atoms with Gasteiger partial charge in [0.15, 0.2) is 5.69 Å². The zero-order valence-corrected chi connectivity index (χ0v) is 12.3. The van der Waals surface area contributed by atoms with Crippen LogP contribution in [0.25, 0.3) is 0 Å². The fraction of sp³-hybridized carbons (Fsp3) is 0.200. The van der Waals surface area contributed by atoms with Crippen molar-refractivity contribution in [2.75, 3.05) is 24.3 Å². The van der Waals surface area contributed by atoms with Crippen LogP contribution in [-0.4, -0.2) is 35.9 Å². The number of rotatable bonds is 3. The number of hydrogen-bond acceptors (Lipinski definition) is 5. The van der Waals surface area contributed by atoms with E-state index in [0.29, 0.717) is 23.6 Å². The predicted molar refractivity (Wildman–Crippen MR) is 81.9 cm³/mol. The lowest BCUT2D eigenvalue weighted by atomic mass is 10.2. The van der Waals surface area contributed by atoms with E-state index in [2.05, 4.69) is 20.6 Å². The maximum Gasteiger partial charge on any atom is 0.276 e. The third-order valence-corrected chi connectivity index (χ3v) is 3.36. The van der Waals surface area contributed by atoms with Gasteiger partial charge in [-0.25, -0.2) is 9.97 Å². The Labute approximate surface area is 127 Å². The van der Waals surface area contributed by atoms with Crippen LogP contribution in [0.4, 0.5) is 11.4 Å². The lowest BCUT2D eigenvalue weighted by molar-refractivity contribution is 0.0960. The number of fused-ring (bicyclic) bond motifs is 1. The highest BCUT2D eigenvalue weighted by atomic mass is 16.2. The molecule has 2 aromatic heterocycles. The Hall–Kier alpha value is -2.96. The highest BCUT2D eigenvalue weighted by Crippen LogP contribution is 2.20. The van der Waals surface area contributed by atoms with Gasteiger partial charge in [0.2, 0.25) is 0 Å². The number of carbonyl (C=O) groups excluding carboxylic acids is 2.